The molecule has 0 aliphatic carbocycles. The van der Waals surface area contributed by atoms with Gasteiger partial charge < -0.3 is 4.90 Å². The average molecular weight is 405 g/mol. The summed E-state index contributed by atoms with van der Waals surface area (Å²) in [5, 5.41) is 0. The second-order valence-electron chi connectivity index (χ2n) is 8.32. The van der Waals surface area contributed by atoms with E-state index in [1.54, 1.807) is 16.4 Å². The molecule has 0 spiro atoms. The normalized spacial score (nSPS) is 20.2. The molecular formula is C24H24N2O2S. The molecule has 2 aliphatic rings. The van der Waals surface area contributed by atoms with E-state index in [1.807, 2.05) is 50.2 Å². The number of rotatable bonds is 2. The maximum Gasteiger partial charge on any atom is 0.266 e. The lowest BCUT2D eigenvalue weighted by molar-refractivity contribution is 0.425. The van der Waals surface area contributed by atoms with Gasteiger partial charge in [-0.2, -0.15) is 0 Å². The molecule has 0 fully saturated rings. The largest absolute Gasteiger partial charge is 0.342 e. The molecule has 0 aromatic heterocycles. The highest BCUT2D eigenvalue weighted by atomic mass is 32.2. The zero-order valence-electron chi connectivity index (χ0n) is 16.9. The molecule has 3 aromatic carbocycles. The highest BCUT2D eigenvalue weighted by molar-refractivity contribution is 7.93. The standard InChI is InChI=1S/C24H24N2O2S/c1-17-9-12-21(13-10-17)29(27,28)26-23-7-5-4-6-22(23)25-16-19-11-8-18(2)14-20(19)15-24(25,26)3/h4-14H,15-16H2,1-3H3. The minimum absolute atomic E-state index is 0.330. The molecule has 0 saturated heterocycles. The first-order valence-electron chi connectivity index (χ1n) is 9.88. The van der Waals surface area contributed by atoms with Gasteiger partial charge in [-0.05, 0) is 56.2 Å². The van der Waals surface area contributed by atoms with Crippen LogP contribution in [0, 0.1) is 13.8 Å². The summed E-state index contributed by atoms with van der Waals surface area (Å²) in [6.07, 6.45) is 0.643. The number of hydrogen-bond donors (Lipinski definition) is 0. The van der Waals surface area contributed by atoms with Gasteiger partial charge in [0.1, 0.15) is 5.66 Å². The quantitative estimate of drug-likeness (QED) is 0.617. The van der Waals surface area contributed by atoms with Crippen molar-refractivity contribution in [2.24, 2.45) is 0 Å². The van der Waals surface area contributed by atoms with Gasteiger partial charge in [-0.3, -0.25) is 0 Å². The van der Waals surface area contributed by atoms with Crippen molar-refractivity contribution in [3.63, 3.8) is 0 Å². The molecular weight excluding hydrogens is 380 g/mol. The highest BCUT2D eigenvalue weighted by Crippen LogP contribution is 2.51. The van der Waals surface area contributed by atoms with E-state index in [-0.39, 0.29) is 0 Å². The van der Waals surface area contributed by atoms with E-state index in [0.29, 0.717) is 17.9 Å². The van der Waals surface area contributed by atoms with Crippen LogP contribution < -0.4 is 9.21 Å². The van der Waals surface area contributed by atoms with Crippen LogP contribution >= 0.6 is 0 Å². The van der Waals surface area contributed by atoms with Crippen LogP contribution in [0.5, 0.6) is 0 Å². The zero-order valence-corrected chi connectivity index (χ0v) is 17.7. The number of sulfonamides is 1. The fourth-order valence-corrected chi connectivity index (χ4v) is 6.51. The number of nitrogens with zero attached hydrogens (tertiary/aromatic N) is 2. The van der Waals surface area contributed by atoms with Crippen molar-refractivity contribution in [2.75, 3.05) is 9.21 Å². The Morgan fingerprint density at radius 2 is 1.48 bits per heavy atom. The maximum atomic E-state index is 13.8. The molecule has 0 amide bonds. The van der Waals surface area contributed by atoms with E-state index in [1.165, 1.54) is 16.7 Å². The summed E-state index contributed by atoms with van der Waals surface area (Å²) in [7, 11) is -3.72. The molecule has 0 bridgehead atoms. The number of para-hydroxylation sites is 2. The van der Waals surface area contributed by atoms with Crippen molar-refractivity contribution in [2.45, 2.75) is 44.3 Å². The van der Waals surface area contributed by atoms with Gasteiger partial charge in [-0.25, -0.2) is 12.7 Å². The van der Waals surface area contributed by atoms with Crippen LogP contribution in [0.4, 0.5) is 11.4 Å². The first kappa shape index (κ1) is 18.3. The molecule has 4 nitrogen and oxygen atoms in total. The van der Waals surface area contributed by atoms with E-state index < -0.39 is 15.7 Å². The summed E-state index contributed by atoms with van der Waals surface area (Å²) in [5.74, 6) is 0. The lowest BCUT2D eigenvalue weighted by Gasteiger charge is -2.46. The second kappa shape index (κ2) is 6.10. The fraction of sp³-hybridized carbons (Fsp3) is 0.250. The minimum Gasteiger partial charge on any atom is -0.342 e. The fourth-order valence-electron chi connectivity index (χ4n) is 4.72. The summed E-state index contributed by atoms with van der Waals surface area (Å²) in [6, 6.07) is 21.5. The Bertz CT molecular complexity index is 1220. The number of aryl methyl sites for hydroxylation is 2. The van der Waals surface area contributed by atoms with Gasteiger partial charge in [0.05, 0.1) is 16.3 Å². The van der Waals surface area contributed by atoms with Crippen LogP contribution in [0.25, 0.3) is 0 Å². The third-order valence-corrected chi connectivity index (χ3v) is 8.12. The predicted octanol–water partition coefficient (Wildman–Crippen LogP) is 4.79. The van der Waals surface area contributed by atoms with E-state index in [0.717, 1.165) is 16.9 Å². The van der Waals surface area contributed by atoms with Gasteiger partial charge >= 0.3 is 0 Å². The maximum absolute atomic E-state index is 13.8. The number of anilines is 2. The van der Waals surface area contributed by atoms with E-state index in [9.17, 15) is 8.42 Å². The molecule has 3 aromatic rings. The topological polar surface area (TPSA) is 40.6 Å². The summed E-state index contributed by atoms with van der Waals surface area (Å²) in [6.45, 7) is 6.79. The van der Waals surface area contributed by atoms with Crippen molar-refractivity contribution in [1.82, 2.24) is 0 Å². The number of benzene rings is 3. The minimum atomic E-state index is -3.72. The molecule has 1 unspecified atom stereocenters. The molecule has 29 heavy (non-hydrogen) atoms. The SMILES string of the molecule is Cc1ccc(S(=O)(=O)N2c3ccccc3N3Cc4ccc(C)cc4CC32C)cc1. The lowest BCUT2D eigenvalue weighted by atomic mass is 9.90. The molecule has 5 heteroatoms. The van der Waals surface area contributed by atoms with E-state index in [2.05, 4.69) is 30.0 Å². The zero-order chi connectivity index (χ0) is 20.4. The van der Waals surface area contributed by atoms with Crippen LogP contribution in [0.15, 0.2) is 71.6 Å². The molecule has 148 valence electrons. The van der Waals surface area contributed by atoms with Gasteiger partial charge in [-0.1, -0.05) is 53.6 Å². The molecule has 5 rings (SSSR count). The number of hydrogen-bond acceptors (Lipinski definition) is 3. The lowest BCUT2D eigenvalue weighted by Crippen LogP contribution is -2.60. The Morgan fingerprint density at radius 1 is 0.828 bits per heavy atom. The summed E-state index contributed by atoms with van der Waals surface area (Å²) < 4.78 is 29.3. The van der Waals surface area contributed by atoms with E-state index in [4.69, 9.17) is 0 Å². The van der Waals surface area contributed by atoms with Crippen LogP contribution in [0.2, 0.25) is 0 Å². The molecule has 2 heterocycles. The number of fused-ring (bicyclic) bond motifs is 4. The molecule has 1 atom stereocenters. The summed E-state index contributed by atoms with van der Waals surface area (Å²) in [4.78, 5) is 2.57. The Labute approximate surface area is 172 Å². The molecule has 0 radical (unpaired) electrons. The Balaban J connectivity index is 1.72. The van der Waals surface area contributed by atoms with Gasteiger partial charge in [-0.15, -0.1) is 0 Å². The van der Waals surface area contributed by atoms with Crippen molar-refractivity contribution >= 4 is 21.4 Å². The van der Waals surface area contributed by atoms with Crippen LogP contribution in [0.1, 0.15) is 29.2 Å². The van der Waals surface area contributed by atoms with Gasteiger partial charge in [0, 0.05) is 13.0 Å². The predicted molar refractivity (Wildman–Crippen MR) is 117 cm³/mol. The highest BCUT2D eigenvalue weighted by Gasteiger charge is 2.53. The smallest absolute Gasteiger partial charge is 0.266 e. The van der Waals surface area contributed by atoms with Crippen molar-refractivity contribution in [1.29, 1.82) is 0 Å². The first-order chi connectivity index (χ1) is 13.8. The average Bonchev–Trinajstić information content (AvgIpc) is 2.94. The monoisotopic (exact) mass is 404 g/mol. The van der Waals surface area contributed by atoms with Crippen molar-refractivity contribution in [3.05, 3.63) is 89.0 Å². The summed E-state index contributed by atoms with van der Waals surface area (Å²) >= 11 is 0. The Hall–Kier alpha value is -2.79. The second-order valence-corrected chi connectivity index (χ2v) is 10.1. The van der Waals surface area contributed by atoms with Crippen LogP contribution in [0.3, 0.4) is 0 Å². The third kappa shape index (κ3) is 2.60. The molecule has 0 N–H and O–H groups in total. The first-order valence-corrected chi connectivity index (χ1v) is 11.3. The van der Waals surface area contributed by atoms with Crippen molar-refractivity contribution in [3.8, 4) is 0 Å². The Kier molecular flexibility index (Phi) is 3.84. The summed E-state index contributed by atoms with van der Waals surface area (Å²) in [5.41, 5.74) is 5.76. The van der Waals surface area contributed by atoms with Gasteiger partial charge in [0.2, 0.25) is 0 Å². The Morgan fingerprint density at radius 3 is 2.21 bits per heavy atom. The third-order valence-electron chi connectivity index (χ3n) is 6.19. The molecule has 0 saturated carbocycles. The molecule has 2 aliphatic heterocycles. The van der Waals surface area contributed by atoms with Gasteiger partial charge in [0.25, 0.3) is 10.0 Å². The van der Waals surface area contributed by atoms with Gasteiger partial charge in [0.15, 0.2) is 0 Å². The van der Waals surface area contributed by atoms with Crippen LogP contribution in [-0.4, -0.2) is 14.1 Å². The van der Waals surface area contributed by atoms with Crippen LogP contribution in [-0.2, 0) is 23.0 Å². The van der Waals surface area contributed by atoms with Crippen molar-refractivity contribution < 1.29 is 8.42 Å². The van der Waals surface area contributed by atoms with E-state index >= 15 is 0 Å².